The number of thiophene rings is 1. The summed E-state index contributed by atoms with van der Waals surface area (Å²) < 4.78 is 6.05. The highest BCUT2D eigenvalue weighted by molar-refractivity contribution is 7.21. The molecule has 2 aromatic carbocycles. The highest BCUT2D eigenvalue weighted by Gasteiger charge is 2.28. The average Bonchev–Trinajstić information content (AvgIpc) is 3.03. The molecule has 2 nitrogen and oxygen atoms in total. The summed E-state index contributed by atoms with van der Waals surface area (Å²) in [6.07, 6.45) is 1.60. The maximum Gasteiger partial charge on any atom is 0.331 e. The van der Waals surface area contributed by atoms with E-state index in [4.69, 9.17) is 4.74 Å². The van der Waals surface area contributed by atoms with Crippen molar-refractivity contribution in [2.45, 2.75) is 0 Å². The zero-order valence-corrected chi connectivity index (χ0v) is 12.2. The lowest BCUT2D eigenvalue weighted by atomic mass is 10.0. The van der Waals surface area contributed by atoms with E-state index >= 15 is 0 Å². The number of benzene rings is 2. The molecule has 3 heteroatoms. The molecule has 0 fully saturated rings. The Labute approximate surface area is 126 Å². The zero-order valence-electron chi connectivity index (χ0n) is 11.4. The number of hydrogen-bond acceptors (Lipinski definition) is 3. The quantitative estimate of drug-likeness (QED) is 0.382. The van der Waals surface area contributed by atoms with Crippen molar-refractivity contribution >= 4 is 33.0 Å². The van der Waals surface area contributed by atoms with E-state index in [0.29, 0.717) is 0 Å². The molecule has 1 aliphatic rings. The van der Waals surface area contributed by atoms with Gasteiger partial charge in [-0.25, -0.2) is 4.79 Å². The van der Waals surface area contributed by atoms with E-state index in [1.165, 1.54) is 28.3 Å². The molecular weight excluding hydrogens is 280 g/mol. The van der Waals surface area contributed by atoms with Crippen LogP contribution >= 0.6 is 11.3 Å². The number of rotatable bonds is 1. The van der Waals surface area contributed by atoms with E-state index in [0.717, 1.165) is 16.0 Å². The summed E-state index contributed by atoms with van der Waals surface area (Å²) in [6.45, 7) is 0. The summed E-state index contributed by atoms with van der Waals surface area (Å²) in [4.78, 5) is 12.9. The molecule has 3 aromatic rings. The van der Waals surface area contributed by atoms with Gasteiger partial charge in [-0.1, -0.05) is 42.5 Å². The first-order valence-electron chi connectivity index (χ1n) is 6.71. The monoisotopic (exact) mass is 292 g/mol. The fourth-order valence-corrected chi connectivity index (χ4v) is 4.13. The second-order valence-electron chi connectivity index (χ2n) is 4.93. The minimum absolute atomic E-state index is 0.315. The summed E-state index contributed by atoms with van der Waals surface area (Å²) in [5, 5.41) is 1.25. The standard InChI is InChI=1S/C18H12O2S/c1-20-16(19)10-14-11-6-2-3-7-12(11)17-13-8-4-5-9-15(13)21-18(14)17/h2-10H,1H3/b14-10-. The molecule has 0 spiro atoms. The number of fused-ring (bicyclic) bond motifs is 5. The Bertz CT molecular complexity index is 902. The number of carbonyl (C=O) groups excluding carboxylic acids is 1. The van der Waals surface area contributed by atoms with Gasteiger partial charge < -0.3 is 4.74 Å². The molecule has 0 radical (unpaired) electrons. The van der Waals surface area contributed by atoms with Crippen LogP contribution in [-0.2, 0) is 9.53 Å². The van der Waals surface area contributed by atoms with Gasteiger partial charge in [0.25, 0.3) is 0 Å². The SMILES string of the molecule is COC(=O)/C=C1/c2ccccc2-c2c1sc1ccccc21. The van der Waals surface area contributed by atoms with Crippen LogP contribution in [0.25, 0.3) is 26.8 Å². The van der Waals surface area contributed by atoms with Crippen molar-refractivity contribution in [3.63, 3.8) is 0 Å². The molecule has 0 saturated heterocycles. The van der Waals surface area contributed by atoms with E-state index in [1.807, 2.05) is 18.2 Å². The van der Waals surface area contributed by atoms with Gasteiger partial charge in [-0.15, -0.1) is 11.3 Å². The number of ether oxygens (including phenoxy) is 1. The maximum absolute atomic E-state index is 11.7. The van der Waals surface area contributed by atoms with E-state index < -0.39 is 0 Å². The summed E-state index contributed by atoms with van der Waals surface area (Å²) in [5.74, 6) is -0.315. The highest BCUT2D eigenvalue weighted by Crippen LogP contribution is 2.51. The second kappa shape index (κ2) is 4.57. The van der Waals surface area contributed by atoms with E-state index in [1.54, 1.807) is 17.4 Å². The molecular formula is C18H12O2S. The molecule has 0 N–H and O–H groups in total. The van der Waals surface area contributed by atoms with Gasteiger partial charge in [0.15, 0.2) is 0 Å². The first-order chi connectivity index (χ1) is 10.3. The molecule has 4 rings (SSSR count). The molecule has 0 saturated carbocycles. The predicted octanol–water partition coefficient (Wildman–Crippen LogP) is 4.49. The number of methoxy groups -OCH3 is 1. The summed E-state index contributed by atoms with van der Waals surface area (Å²) >= 11 is 1.73. The molecule has 0 unspecified atom stereocenters. The minimum atomic E-state index is -0.315. The van der Waals surface area contributed by atoms with Gasteiger partial charge in [0.2, 0.25) is 0 Å². The fraction of sp³-hybridized carbons (Fsp3) is 0.0556. The molecule has 102 valence electrons. The van der Waals surface area contributed by atoms with Crippen LogP contribution in [0.5, 0.6) is 0 Å². The van der Waals surface area contributed by atoms with E-state index in [-0.39, 0.29) is 5.97 Å². The molecule has 1 aliphatic carbocycles. The van der Waals surface area contributed by atoms with Gasteiger partial charge in [-0.3, -0.25) is 0 Å². The Morgan fingerprint density at radius 2 is 1.76 bits per heavy atom. The summed E-state index contributed by atoms with van der Waals surface area (Å²) in [6, 6.07) is 16.6. The third kappa shape index (κ3) is 1.74. The van der Waals surface area contributed by atoms with E-state index in [9.17, 15) is 4.79 Å². The Balaban J connectivity index is 2.09. The van der Waals surface area contributed by atoms with Crippen LogP contribution < -0.4 is 0 Å². The van der Waals surface area contributed by atoms with Crippen molar-refractivity contribution in [1.82, 2.24) is 0 Å². The summed E-state index contributed by atoms with van der Waals surface area (Å²) in [7, 11) is 1.41. The van der Waals surface area contributed by atoms with Crippen molar-refractivity contribution in [2.24, 2.45) is 0 Å². The molecule has 0 aliphatic heterocycles. The van der Waals surface area contributed by atoms with Gasteiger partial charge in [0.05, 0.1) is 7.11 Å². The Morgan fingerprint density at radius 3 is 2.57 bits per heavy atom. The van der Waals surface area contributed by atoms with Crippen molar-refractivity contribution < 1.29 is 9.53 Å². The lowest BCUT2D eigenvalue weighted by Gasteiger charge is -2.02. The lowest BCUT2D eigenvalue weighted by molar-refractivity contribution is -0.134. The van der Waals surface area contributed by atoms with Crippen LogP contribution in [0.3, 0.4) is 0 Å². The Kier molecular flexibility index (Phi) is 2.69. The number of carbonyl (C=O) groups is 1. The lowest BCUT2D eigenvalue weighted by Crippen LogP contribution is -1.96. The number of hydrogen-bond donors (Lipinski definition) is 0. The smallest absolute Gasteiger partial charge is 0.331 e. The molecule has 0 bridgehead atoms. The fourth-order valence-electron chi connectivity index (χ4n) is 2.88. The zero-order chi connectivity index (χ0) is 14.4. The average molecular weight is 292 g/mol. The van der Waals surface area contributed by atoms with Crippen molar-refractivity contribution in [1.29, 1.82) is 0 Å². The van der Waals surface area contributed by atoms with Gasteiger partial charge in [-0.2, -0.15) is 0 Å². The van der Waals surface area contributed by atoms with Gasteiger partial charge in [-0.05, 0) is 17.2 Å². The van der Waals surface area contributed by atoms with Crippen LogP contribution in [0.1, 0.15) is 10.4 Å². The van der Waals surface area contributed by atoms with Crippen LogP contribution in [-0.4, -0.2) is 13.1 Å². The van der Waals surface area contributed by atoms with Gasteiger partial charge in [0, 0.05) is 32.2 Å². The third-order valence-electron chi connectivity index (χ3n) is 3.79. The largest absolute Gasteiger partial charge is 0.466 e. The van der Waals surface area contributed by atoms with Crippen LogP contribution in [0, 0.1) is 0 Å². The Hall–Kier alpha value is -2.39. The minimum Gasteiger partial charge on any atom is -0.466 e. The molecule has 1 aromatic heterocycles. The highest BCUT2D eigenvalue weighted by atomic mass is 32.1. The topological polar surface area (TPSA) is 26.3 Å². The molecule has 0 atom stereocenters. The van der Waals surface area contributed by atoms with Crippen LogP contribution in [0.4, 0.5) is 0 Å². The van der Waals surface area contributed by atoms with Crippen molar-refractivity contribution in [3.8, 4) is 11.1 Å². The maximum atomic E-state index is 11.7. The molecule has 0 amide bonds. The number of esters is 1. The first-order valence-corrected chi connectivity index (χ1v) is 7.52. The first kappa shape index (κ1) is 12.4. The Morgan fingerprint density at radius 1 is 1.05 bits per heavy atom. The van der Waals surface area contributed by atoms with E-state index in [2.05, 4.69) is 30.3 Å². The van der Waals surface area contributed by atoms with Crippen molar-refractivity contribution in [2.75, 3.05) is 7.11 Å². The predicted molar refractivity (Wildman–Crippen MR) is 86.4 cm³/mol. The third-order valence-corrected chi connectivity index (χ3v) is 4.99. The summed E-state index contributed by atoms with van der Waals surface area (Å²) in [5.41, 5.74) is 4.50. The normalized spacial score (nSPS) is 14.2. The molecule has 1 heterocycles. The van der Waals surface area contributed by atoms with Crippen LogP contribution in [0.15, 0.2) is 54.6 Å². The van der Waals surface area contributed by atoms with Crippen molar-refractivity contribution in [3.05, 3.63) is 65.0 Å². The second-order valence-corrected chi connectivity index (χ2v) is 5.98. The van der Waals surface area contributed by atoms with Gasteiger partial charge >= 0.3 is 5.97 Å². The molecule has 21 heavy (non-hydrogen) atoms. The van der Waals surface area contributed by atoms with Crippen LogP contribution in [0.2, 0.25) is 0 Å². The van der Waals surface area contributed by atoms with Gasteiger partial charge in [0.1, 0.15) is 0 Å².